The van der Waals surface area contributed by atoms with Crippen LogP contribution in [0.4, 0.5) is 13.2 Å². The Morgan fingerprint density at radius 2 is 2.11 bits per heavy atom. The van der Waals surface area contributed by atoms with Gasteiger partial charge < -0.3 is 5.01 Å². The summed E-state index contributed by atoms with van der Waals surface area (Å²) in [6.07, 6.45) is -1.86. The first-order valence-electron chi connectivity index (χ1n) is 6.14. The predicted molar refractivity (Wildman–Crippen MR) is 64.4 cm³/mol. The minimum absolute atomic E-state index is 0.214. The summed E-state index contributed by atoms with van der Waals surface area (Å²) in [6, 6.07) is 0. The molecule has 7 heteroatoms. The topological polar surface area (TPSA) is 44.7 Å². The molecule has 1 atom stereocenters. The van der Waals surface area contributed by atoms with Gasteiger partial charge in [-0.05, 0) is 44.9 Å². The molecule has 0 radical (unpaired) electrons. The molecule has 0 saturated heterocycles. The number of aliphatic imine (C=N–C) groups is 1. The summed E-state index contributed by atoms with van der Waals surface area (Å²) in [6.45, 7) is 4.01. The summed E-state index contributed by atoms with van der Waals surface area (Å²) in [5, 5.41) is 1.29. The van der Waals surface area contributed by atoms with Crippen molar-refractivity contribution in [2.75, 3.05) is 6.54 Å². The normalized spacial score (nSPS) is 27.5. The molecular formula is C12H16F3N3O. The van der Waals surface area contributed by atoms with Gasteiger partial charge in [0.2, 0.25) is 0 Å². The maximum Gasteiger partial charge on any atom is 0.411 e. The van der Waals surface area contributed by atoms with Crippen LogP contribution in [-0.4, -0.2) is 35.9 Å². The van der Waals surface area contributed by atoms with Crippen molar-refractivity contribution in [1.29, 1.82) is 0 Å². The van der Waals surface area contributed by atoms with E-state index < -0.39 is 17.6 Å². The SMILES string of the molecule is C=NC(=O)CN1NC(C)(C(F)(F)F)C2=C1CCCC2. The molecule has 0 aromatic heterocycles. The minimum Gasteiger partial charge on any atom is -0.302 e. The molecule has 1 aliphatic carbocycles. The second-order valence-electron chi connectivity index (χ2n) is 5.00. The van der Waals surface area contributed by atoms with Gasteiger partial charge in [0.15, 0.2) is 5.54 Å². The first-order valence-corrected chi connectivity index (χ1v) is 6.14. The Kier molecular flexibility index (Phi) is 3.42. The molecule has 1 heterocycles. The number of halogens is 3. The molecule has 1 N–H and O–H groups in total. The number of allylic oxidation sites excluding steroid dienone is 1. The van der Waals surface area contributed by atoms with Crippen molar-refractivity contribution in [3.05, 3.63) is 11.3 Å². The second kappa shape index (κ2) is 4.63. The monoisotopic (exact) mass is 275 g/mol. The average Bonchev–Trinajstić information content (AvgIpc) is 2.64. The van der Waals surface area contributed by atoms with Gasteiger partial charge in [0.1, 0.15) is 6.54 Å². The van der Waals surface area contributed by atoms with Crippen molar-refractivity contribution in [2.24, 2.45) is 4.99 Å². The van der Waals surface area contributed by atoms with Crippen LogP contribution in [0.3, 0.4) is 0 Å². The number of carbonyl (C=O) groups is 1. The number of alkyl halides is 3. The van der Waals surface area contributed by atoms with E-state index in [1.54, 1.807) is 0 Å². The Labute approximate surface area is 109 Å². The van der Waals surface area contributed by atoms with Crippen molar-refractivity contribution in [1.82, 2.24) is 10.4 Å². The third-order valence-corrected chi connectivity index (χ3v) is 3.76. The molecule has 0 bridgehead atoms. The van der Waals surface area contributed by atoms with E-state index in [1.165, 1.54) is 5.01 Å². The molecule has 0 aromatic carbocycles. The van der Waals surface area contributed by atoms with Gasteiger partial charge in [-0.2, -0.15) is 13.2 Å². The summed E-state index contributed by atoms with van der Waals surface area (Å²) in [7, 11) is 0. The van der Waals surface area contributed by atoms with Gasteiger partial charge in [-0.15, -0.1) is 0 Å². The Hall–Kier alpha value is -1.37. The zero-order valence-corrected chi connectivity index (χ0v) is 10.7. The molecular weight excluding hydrogens is 259 g/mol. The maximum atomic E-state index is 13.3. The average molecular weight is 275 g/mol. The summed E-state index contributed by atoms with van der Waals surface area (Å²) in [5.74, 6) is -0.545. The number of rotatable bonds is 2. The van der Waals surface area contributed by atoms with Gasteiger partial charge in [-0.1, -0.05) is 0 Å². The lowest BCUT2D eigenvalue weighted by atomic mass is 9.84. The predicted octanol–water partition coefficient (Wildman–Crippen LogP) is 2.18. The molecule has 1 aliphatic heterocycles. The molecule has 106 valence electrons. The van der Waals surface area contributed by atoms with Crippen molar-refractivity contribution in [2.45, 2.75) is 44.3 Å². The summed E-state index contributed by atoms with van der Waals surface area (Å²) >= 11 is 0. The zero-order chi connectivity index (χ0) is 14.3. The number of hydrazine groups is 1. The first kappa shape index (κ1) is 14.0. The number of hydrogen-bond donors (Lipinski definition) is 1. The molecule has 4 nitrogen and oxygen atoms in total. The van der Waals surface area contributed by atoms with E-state index in [-0.39, 0.29) is 6.54 Å². The van der Waals surface area contributed by atoms with Crippen LogP contribution >= 0.6 is 0 Å². The van der Waals surface area contributed by atoms with E-state index in [9.17, 15) is 18.0 Å². The number of amides is 1. The molecule has 2 aliphatic rings. The lowest BCUT2D eigenvalue weighted by Gasteiger charge is -2.32. The van der Waals surface area contributed by atoms with Crippen LogP contribution in [0.15, 0.2) is 16.3 Å². The van der Waals surface area contributed by atoms with E-state index in [4.69, 9.17) is 0 Å². The van der Waals surface area contributed by atoms with Gasteiger partial charge in [-0.25, -0.2) is 10.4 Å². The third kappa shape index (κ3) is 2.27. The van der Waals surface area contributed by atoms with Crippen molar-refractivity contribution >= 4 is 12.6 Å². The van der Waals surface area contributed by atoms with E-state index in [1.807, 2.05) is 0 Å². The van der Waals surface area contributed by atoms with Gasteiger partial charge in [0.25, 0.3) is 5.91 Å². The van der Waals surface area contributed by atoms with Crippen molar-refractivity contribution < 1.29 is 18.0 Å². The lowest BCUT2D eigenvalue weighted by molar-refractivity contribution is -0.186. The van der Waals surface area contributed by atoms with Crippen LogP contribution in [0.1, 0.15) is 32.6 Å². The largest absolute Gasteiger partial charge is 0.411 e. The lowest BCUT2D eigenvalue weighted by Crippen LogP contribution is -2.56. The van der Waals surface area contributed by atoms with E-state index >= 15 is 0 Å². The summed E-state index contributed by atoms with van der Waals surface area (Å²) in [5.41, 5.74) is 1.30. The first-order chi connectivity index (χ1) is 8.79. The fourth-order valence-electron chi connectivity index (χ4n) is 2.69. The van der Waals surface area contributed by atoms with Crippen LogP contribution < -0.4 is 5.43 Å². The fraction of sp³-hybridized carbons (Fsp3) is 0.667. The second-order valence-corrected chi connectivity index (χ2v) is 5.00. The Bertz CT molecular complexity index is 444. The number of nitrogens with one attached hydrogen (secondary N) is 1. The molecule has 1 unspecified atom stereocenters. The third-order valence-electron chi connectivity index (χ3n) is 3.76. The van der Waals surface area contributed by atoms with Crippen LogP contribution in [0.2, 0.25) is 0 Å². The highest BCUT2D eigenvalue weighted by Crippen LogP contribution is 2.46. The number of carbonyl (C=O) groups excluding carboxylic acids is 1. The standard InChI is InChI=1S/C12H16F3N3O/c1-11(12(13,14)15)8-5-3-4-6-9(8)18(17-11)7-10(19)16-2/h17H,2-7H2,1H3. The van der Waals surface area contributed by atoms with Crippen LogP contribution in [0.25, 0.3) is 0 Å². The number of hydrogen-bond acceptors (Lipinski definition) is 3. The van der Waals surface area contributed by atoms with Crippen LogP contribution in [0.5, 0.6) is 0 Å². The Morgan fingerprint density at radius 3 is 2.68 bits per heavy atom. The van der Waals surface area contributed by atoms with Crippen LogP contribution in [-0.2, 0) is 4.79 Å². The molecule has 2 rings (SSSR count). The highest BCUT2D eigenvalue weighted by atomic mass is 19.4. The number of nitrogens with zero attached hydrogens (tertiary/aromatic N) is 2. The Morgan fingerprint density at radius 1 is 1.47 bits per heavy atom. The highest BCUT2D eigenvalue weighted by Gasteiger charge is 2.58. The zero-order valence-electron chi connectivity index (χ0n) is 10.7. The van der Waals surface area contributed by atoms with E-state index in [0.717, 1.165) is 19.8 Å². The highest BCUT2D eigenvalue weighted by molar-refractivity contribution is 5.82. The van der Waals surface area contributed by atoms with Crippen molar-refractivity contribution in [3.63, 3.8) is 0 Å². The molecule has 0 saturated carbocycles. The van der Waals surface area contributed by atoms with Gasteiger partial charge in [0, 0.05) is 5.70 Å². The quantitative estimate of drug-likeness (QED) is 0.786. The fourth-order valence-corrected chi connectivity index (χ4v) is 2.69. The van der Waals surface area contributed by atoms with Crippen molar-refractivity contribution in [3.8, 4) is 0 Å². The summed E-state index contributed by atoms with van der Waals surface area (Å²) < 4.78 is 39.8. The molecule has 0 spiro atoms. The van der Waals surface area contributed by atoms with Gasteiger partial charge in [-0.3, -0.25) is 4.79 Å². The summed E-state index contributed by atoms with van der Waals surface area (Å²) in [4.78, 5) is 14.5. The van der Waals surface area contributed by atoms with Gasteiger partial charge >= 0.3 is 6.18 Å². The molecule has 0 fully saturated rings. The molecule has 19 heavy (non-hydrogen) atoms. The molecule has 1 amide bonds. The van der Waals surface area contributed by atoms with Crippen LogP contribution in [0, 0.1) is 0 Å². The van der Waals surface area contributed by atoms with Gasteiger partial charge in [0.05, 0.1) is 0 Å². The molecule has 0 aromatic rings. The minimum atomic E-state index is -4.40. The maximum absolute atomic E-state index is 13.3. The smallest absolute Gasteiger partial charge is 0.302 e. The Balaban J connectivity index is 2.34. The van der Waals surface area contributed by atoms with E-state index in [2.05, 4.69) is 17.1 Å². The van der Waals surface area contributed by atoms with E-state index in [0.29, 0.717) is 24.1 Å².